The Morgan fingerprint density at radius 2 is 1.86 bits per heavy atom. The van der Waals surface area contributed by atoms with Gasteiger partial charge in [0.05, 0.1) is 0 Å². The van der Waals surface area contributed by atoms with Gasteiger partial charge >= 0.3 is 6.09 Å². The summed E-state index contributed by atoms with van der Waals surface area (Å²) < 4.78 is 5.26. The van der Waals surface area contributed by atoms with E-state index >= 15 is 0 Å². The third-order valence-corrected chi connectivity index (χ3v) is 2.92. The maximum absolute atomic E-state index is 11.5. The van der Waals surface area contributed by atoms with Gasteiger partial charge in [-0.3, -0.25) is 0 Å². The van der Waals surface area contributed by atoms with Crippen molar-refractivity contribution in [3.63, 3.8) is 0 Å². The van der Waals surface area contributed by atoms with E-state index in [1.807, 2.05) is 26.8 Å². The first kappa shape index (κ1) is 17.4. The van der Waals surface area contributed by atoms with Crippen molar-refractivity contribution in [1.29, 1.82) is 0 Å². The molecule has 4 nitrogen and oxygen atoms in total. The number of hydrogen-bond donors (Lipinski definition) is 1. The minimum atomic E-state index is -0.367. The molecule has 1 heterocycles. The Bertz CT molecular complexity index is 435. The number of carbonyl (C=O) groups excluding carboxylic acids is 1. The molecule has 2 rings (SSSR count). The Morgan fingerprint density at radius 3 is 2.29 bits per heavy atom. The average Bonchev–Trinajstić information content (AvgIpc) is 2.38. The summed E-state index contributed by atoms with van der Waals surface area (Å²) in [4.78, 5) is 13.3. The van der Waals surface area contributed by atoms with E-state index in [4.69, 9.17) is 18.3 Å². The topological polar surface area (TPSA) is 55.6 Å². The molecule has 5 heteroatoms. The number of ether oxygens (including phenoxy) is 1. The van der Waals surface area contributed by atoms with Crippen LogP contribution < -0.4 is 11.2 Å². The number of nitrogens with two attached hydrogens (primary N) is 1. The molecule has 0 atom stereocenters. The van der Waals surface area contributed by atoms with Crippen LogP contribution >= 0.6 is 0 Å². The van der Waals surface area contributed by atoms with Crippen LogP contribution in [0.15, 0.2) is 24.3 Å². The molecule has 2 radical (unpaired) electrons. The first-order valence-electron chi connectivity index (χ1n) is 7.37. The SMILES string of the molecule is CC(C)(C)OC(=O)N1CCCCC1.[B]c1cccc(N)c1. The predicted octanol–water partition coefficient (Wildman–Crippen LogP) is 2.47. The summed E-state index contributed by atoms with van der Waals surface area (Å²) in [5.74, 6) is 0. The third-order valence-electron chi connectivity index (χ3n) is 2.92. The third kappa shape index (κ3) is 7.64. The quantitative estimate of drug-likeness (QED) is 0.589. The van der Waals surface area contributed by atoms with Crippen LogP contribution in [0.25, 0.3) is 0 Å². The zero-order valence-corrected chi connectivity index (χ0v) is 13.3. The summed E-state index contributed by atoms with van der Waals surface area (Å²) in [5.41, 5.74) is 6.44. The van der Waals surface area contributed by atoms with Gasteiger partial charge in [-0.15, -0.1) is 0 Å². The molecule has 0 unspecified atom stereocenters. The molecule has 0 spiro atoms. The highest BCUT2D eigenvalue weighted by molar-refractivity contribution is 6.32. The minimum Gasteiger partial charge on any atom is -0.444 e. The number of nitrogen functional groups attached to an aromatic ring is 1. The van der Waals surface area contributed by atoms with Crippen LogP contribution in [-0.2, 0) is 4.74 Å². The Balaban J connectivity index is 0.000000235. The lowest BCUT2D eigenvalue weighted by atomic mass is 9.96. The average molecular weight is 288 g/mol. The molecule has 0 aromatic heterocycles. The molecule has 1 aromatic carbocycles. The lowest BCUT2D eigenvalue weighted by molar-refractivity contribution is 0.0216. The van der Waals surface area contributed by atoms with Crippen molar-refractivity contribution in [2.24, 2.45) is 0 Å². The molecule has 1 aliphatic rings. The molecule has 114 valence electrons. The molecule has 0 bridgehead atoms. The van der Waals surface area contributed by atoms with E-state index < -0.39 is 0 Å². The van der Waals surface area contributed by atoms with Crippen molar-refractivity contribution >= 4 is 25.1 Å². The molecule has 0 aliphatic carbocycles. The zero-order chi connectivity index (χ0) is 15.9. The number of amides is 1. The fourth-order valence-electron chi connectivity index (χ4n) is 1.96. The van der Waals surface area contributed by atoms with Crippen LogP contribution in [0.4, 0.5) is 10.5 Å². The lowest BCUT2D eigenvalue weighted by Crippen LogP contribution is -2.39. The number of anilines is 1. The van der Waals surface area contributed by atoms with Gasteiger partial charge in [-0.25, -0.2) is 4.79 Å². The Kier molecular flexibility index (Phi) is 6.60. The first-order chi connectivity index (χ1) is 9.78. The first-order valence-corrected chi connectivity index (χ1v) is 7.37. The second-order valence-electron chi connectivity index (χ2n) is 6.20. The van der Waals surface area contributed by atoms with Crippen LogP contribution in [0, 0.1) is 0 Å². The maximum atomic E-state index is 11.5. The van der Waals surface area contributed by atoms with E-state index in [9.17, 15) is 4.79 Å². The highest BCUT2D eigenvalue weighted by atomic mass is 16.6. The number of benzene rings is 1. The summed E-state index contributed by atoms with van der Waals surface area (Å²) in [6.45, 7) is 7.41. The van der Waals surface area contributed by atoms with Gasteiger partial charge in [-0.2, -0.15) is 0 Å². The van der Waals surface area contributed by atoms with Crippen LogP contribution in [-0.4, -0.2) is 37.5 Å². The second kappa shape index (κ2) is 7.96. The number of rotatable bonds is 0. The van der Waals surface area contributed by atoms with Crippen molar-refractivity contribution in [2.75, 3.05) is 18.8 Å². The van der Waals surface area contributed by atoms with Gasteiger partial charge < -0.3 is 15.4 Å². The maximum Gasteiger partial charge on any atom is 0.410 e. The fourth-order valence-corrected chi connectivity index (χ4v) is 1.96. The normalized spacial score (nSPS) is 14.9. The minimum absolute atomic E-state index is 0.160. The molecule has 1 amide bonds. The summed E-state index contributed by atoms with van der Waals surface area (Å²) in [5, 5.41) is 0. The van der Waals surface area contributed by atoms with Gasteiger partial charge in [-0.1, -0.05) is 17.6 Å². The van der Waals surface area contributed by atoms with E-state index in [1.165, 1.54) is 6.42 Å². The van der Waals surface area contributed by atoms with Gasteiger partial charge in [0.25, 0.3) is 0 Å². The number of hydrogen-bond acceptors (Lipinski definition) is 3. The highest BCUT2D eigenvalue weighted by Gasteiger charge is 2.22. The van der Waals surface area contributed by atoms with Crippen LogP contribution in [0.2, 0.25) is 0 Å². The number of nitrogens with zero attached hydrogens (tertiary/aromatic N) is 1. The summed E-state index contributed by atoms with van der Waals surface area (Å²) in [7, 11) is 5.38. The predicted molar refractivity (Wildman–Crippen MR) is 87.9 cm³/mol. The van der Waals surface area contributed by atoms with Crippen LogP contribution in [0.5, 0.6) is 0 Å². The van der Waals surface area contributed by atoms with Crippen molar-refractivity contribution in [2.45, 2.75) is 45.6 Å². The molecular formula is C16H25BN2O2. The standard InChI is InChI=1S/C10H19NO2.C6H6BN/c1-10(2,3)13-9(12)11-7-5-4-6-8-11;7-5-2-1-3-6(8)4-5/h4-8H2,1-3H3;1-4H,8H2. The summed E-state index contributed by atoms with van der Waals surface area (Å²) >= 11 is 0. The summed E-state index contributed by atoms with van der Waals surface area (Å²) in [6, 6.07) is 7.15. The van der Waals surface area contributed by atoms with E-state index in [0.717, 1.165) is 25.9 Å². The molecule has 1 aromatic rings. The van der Waals surface area contributed by atoms with Gasteiger partial charge in [0.15, 0.2) is 0 Å². The Hall–Kier alpha value is -1.65. The number of piperidine rings is 1. The van der Waals surface area contributed by atoms with E-state index in [2.05, 4.69) is 0 Å². The largest absolute Gasteiger partial charge is 0.444 e. The van der Waals surface area contributed by atoms with Crippen molar-refractivity contribution < 1.29 is 9.53 Å². The van der Waals surface area contributed by atoms with Gasteiger partial charge in [-0.05, 0) is 52.2 Å². The van der Waals surface area contributed by atoms with E-state index in [0.29, 0.717) is 11.2 Å². The van der Waals surface area contributed by atoms with Crippen LogP contribution in [0.1, 0.15) is 40.0 Å². The van der Waals surface area contributed by atoms with Crippen molar-refractivity contribution in [1.82, 2.24) is 4.90 Å². The molecule has 1 fully saturated rings. The Labute approximate surface area is 129 Å². The van der Waals surface area contributed by atoms with E-state index in [1.54, 1.807) is 23.1 Å². The Morgan fingerprint density at radius 1 is 1.24 bits per heavy atom. The van der Waals surface area contributed by atoms with Gasteiger partial charge in [0, 0.05) is 18.8 Å². The lowest BCUT2D eigenvalue weighted by Gasteiger charge is -2.29. The smallest absolute Gasteiger partial charge is 0.410 e. The molecule has 21 heavy (non-hydrogen) atoms. The molecule has 1 saturated heterocycles. The fraction of sp³-hybridized carbons (Fsp3) is 0.562. The van der Waals surface area contributed by atoms with Gasteiger partial charge in [0.2, 0.25) is 0 Å². The van der Waals surface area contributed by atoms with E-state index in [-0.39, 0.29) is 11.7 Å². The number of likely N-dealkylation sites (tertiary alicyclic amines) is 1. The molecule has 0 saturated carbocycles. The highest BCUT2D eigenvalue weighted by Crippen LogP contribution is 2.14. The van der Waals surface area contributed by atoms with Crippen LogP contribution in [0.3, 0.4) is 0 Å². The monoisotopic (exact) mass is 288 g/mol. The summed E-state index contributed by atoms with van der Waals surface area (Å²) in [6.07, 6.45) is 3.30. The van der Waals surface area contributed by atoms with Crippen molar-refractivity contribution in [3.8, 4) is 0 Å². The molecule has 2 N–H and O–H groups in total. The zero-order valence-electron chi connectivity index (χ0n) is 13.3. The van der Waals surface area contributed by atoms with Gasteiger partial charge in [0.1, 0.15) is 13.4 Å². The molecule has 1 aliphatic heterocycles. The van der Waals surface area contributed by atoms with Crippen molar-refractivity contribution in [3.05, 3.63) is 24.3 Å². The second-order valence-corrected chi connectivity index (χ2v) is 6.20. The number of carbonyl (C=O) groups is 1. The molecular weight excluding hydrogens is 263 g/mol.